The van der Waals surface area contributed by atoms with E-state index in [1.807, 2.05) is 31.2 Å². The van der Waals surface area contributed by atoms with Crippen molar-refractivity contribution in [2.75, 3.05) is 6.61 Å². The largest absolute Gasteiger partial charge is 0.493 e. The Hall–Kier alpha value is -2.42. The summed E-state index contributed by atoms with van der Waals surface area (Å²) in [5.41, 5.74) is 1.29. The van der Waals surface area contributed by atoms with E-state index in [1.165, 1.54) is 30.3 Å². The summed E-state index contributed by atoms with van der Waals surface area (Å²) in [6.07, 6.45) is 3.17. The number of hydrogen-bond acceptors (Lipinski definition) is 2. The highest BCUT2D eigenvalue weighted by atomic mass is 19.1. The Labute approximate surface area is 117 Å². The van der Waals surface area contributed by atoms with E-state index in [9.17, 15) is 9.18 Å². The van der Waals surface area contributed by atoms with Gasteiger partial charge < -0.3 is 4.74 Å². The van der Waals surface area contributed by atoms with Gasteiger partial charge in [-0.2, -0.15) is 0 Å². The molecule has 2 rings (SSSR count). The minimum atomic E-state index is -0.354. The number of ketones is 1. The summed E-state index contributed by atoms with van der Waals surface area (Å²) < 4.78 is 18.3. The molecule has 3 heteroatoms. The third-order valence-corrected chi connectivity index (χ3v) is 2.76. The molecule has 0 aliphatic rings. The molecule has 0 N–H and O–H groups in total. The molecular formula is C17H15FO2. The zero-order chi connectivity index (χ0) is 14.4. The van der Waals surface area contributed by atoms with E-state index in [-0.39, 0.29) is 11.6 Å². The van der Waals surface area contributed by atoms with Gasteiger partial charge in [0.1, 0.15) is 11.6 Å². The molecule has 0 amide bonds. The summed E-state index contributed by atoms with van der Waals surface area (Å²) in [6.45, 7) is 2.47. The molecule has 0 heterocycles. The molecule has 20 heavy (non-hydrogen) atoms. The van der Waals surface area contributed by atoms with E-state index < -0.39 is 0 Å². The van der Waals surface area contributed by atoms with Crippen molar-refractivity contribution in [3.05, 3.63) is 71.6 Å². The number of halogens is 1. The van der Waals surface area contributed by atoms with Crippen LogP contribution in [0.1, 0.15) is 22.8 Å². The van der Waals surface area contributed by atoms with Gasteiger partial charge >= 0.3 is 0 Å². The Balaban J connectivity index is 2.17. The highest BCUT2D eigenvalue weighted by molar-refractivity contribution is 6.06. The minimum Gasteiger partial charge on any atom is -0.493 e. The van der Waals surface area contributed by atoms with Gasteiger partial charge in [-0.25, -0.2) is 4.39 Å². The van der Waals surface area contributed by atoms with E-state index in [0.717, 1.165) is 11.3 Å². The Kier molecular flexibility index (Phi) is 4.66. The molecule has 0 aromatic heterocycles. The van der Waals surface area contributed by atoms with Gasteiger partial charge in [0.05, 0.1) is 6.61 Å². The number of carbonyl (C=O) groups excluding carboxylic acids is 1. The van der Waals surface area contributed by atoms with Crippen LogP contribution in [-0.4, -0.2) is 12.4 Å². The quantitative estimate of drug-likeness (QED) is 0.603. The normalized spacial score (nSPS) is 10.7. The van der Waals surface area contributed by atoms with Gasteiger partial charge in [0, 0.05) is 11.1 Å². The molecule has 2 aromatic carbocycles. The van der Waals surface area contributed by atoms with E-state index in [4.69, 9.17) is 4.74 Å². The van der Waals surface area contributed by atoms with Crippen molar-refractivity contribution >= 4 is 11.9 Å². The van der Waals surface area contributed by atoms with Crippen LogP contribution in [0, 0.1) is 5.82 Å². The zero-order valence-corrected chi connectivity index (χ0v) is 11.2. The lowest BCUT2D eigenvalue weighted by atomic mass is 10.1. The average molecular weight is 270 g/mol. The van der Waals surface area contributed by atoms with Crippen molar-refractivity contribution in [2.24, 2.45) is 0 Å². The van der Waals surface area contributed by atoms with Crippen LogP contribution in [0.15, 0.2) is 54.6 Å². The lowest BCUT2D eigenvalue weighted by molar-refractivity contribution is 0.104. The number of rotatable bonds is 5. The molecule has 0 fully saturated rings. The van der Waals surface area contributed by atoms with Crippen molar-refractivity contribution in [3.8, 4) is 5.75 Å². The van der Waals surface area contributed by atoms with Gasteiger partial charge in [-0.15, -0.1) is 0 Å². The van der Waals surface area contributed by atoms with Crippen LogP contribution in [0.2, 0.25) is 0 Å². The maximum absolute atomic E-state index is 12.8. The summed E-state index contributed by atoms with van der Waals surface area (Å²) in [6, 6.07) is 13.0. The molecule has 102 valence electrons. The fourth-order valence-corrected chi connectivity index (χ4v) is 1.78. The molecule has 0 saturated carbocycles. The number of benzene rings is 2. The van der Waals surface area contributed by atoms with Crippen LogP contribution in [0.5, 0.6) is 5.75 Å². The van der Waals surface area contributed by atoms with Crippen molar-refractivity contribution in [1.29, 1.82) is 0 Å². The second kappa shape index (κ2) is 6.66. The van der Waals surface area contributed by atoms with E-state index in [0.29, 0.717) is 12.2 Å². The van der Waals surface area contributed by atoms with Crippen LogP contribution in [0.25, 0.3) is 6.08 Å². The SMILES string of the molecule is CCOc1ccccc1/C=C/C(=O)c1ccc(F)cc1. The van der Waals surface area contributed by atoms with Crippen LogP contribution < -0.4 is 4.74 Å². The molecule has 2 aromatic rings. The van der Waals surface area contributed by atoms with Crippen molar-refractivity contribution in [1.82, 2.24) is 0 Å². The average Bonchev–Trinajstić information content (AvgIpc) is 2.47. The van der Waals surface area contributed by atoms with E-state index in [2.05, 4.69) is 0 Å². The van der Waals surface area contributed by atoms with Crippen molar-refractivity contribution in [3.63, 3.8) is 0 Å². The van der Waals surface area contributed by atoms with Gasteiger partial charge in [-0.3, -0.25) is 4.79 Å². The summed E-state index contributed by atoms with van der Waals surface area (Å²) in [5.74, 6) is 0.210. The first-order valence-electron chi connectivity index (χ1n) is 6.40. The lowest BCUT2D eigenvalue weighted by Crippen LogP contribution is -1.95. The minimum absolute atomic E-state index is 0.170. The fourth-order valence-electron chi connectivity index (χ4n) is 1.78. The standard InChI is InChI=1S/C17H15FO2/c1-2-20-17-6-4-3-5-14(17)9-12-16(19)13-7-10-15(18)11-8-13/h3-12H,2H2,1H3/b12-9+. The smallest absolute Gasteiger partial charge is 0.185 e. The first-order chi connectivity index (χ1) is 9.70. The van der Waals surface area contributed by atoms with Gasteiger partial charge in [0.25, 0.3) is 0 Å². The fraction of sp³-hybridized carbons (Fsp3) is 0.118. The predicted octanol–water partition coefficient (Wildman–Crippen LogP) is 4.12. The highest BCUT2D eigenvalue weighted by Crippen LogP contribution is 2.19. The summed E-state index contributed by atoms with van der Waals surface area (Å²) >= 11 is 0. The molecule has 0 radical (unpaired) electrons. The van der Waals surface area contributed by atoms with Gasteiger partial charge in [0.15, 0.2) is 5.78 Å². The topological polar surface area (TPSA) is 26.3 Å². The Morgan fingerprint density at radius 3 is 2.55 bits per heavy atom. The highest BCUT2D eigenvalue weighted by Gasteiger charge is 2.03. The number of allylic oxidation sites excluding steroid dienone is 1. The third-order valence-electron chi connectivity index (χ3n) is 2.76. The molecule has 2 nitrogen and oxygen atoms in total. The predicted molar refractivity (Wildman–Crippen MR) is 77.4 cm³/mol. The molecule has 0 bridgehead atoms. The first kappa shape index (κ1) is 14.0. The first-order valence-corrected chi connectivity index (χ1v) is 6.40. The number of carbonyl (C=O) groups is 1. The van der Waals surface area contributed by atoms with E-state index >= 15 is 0 Å². The van der Waals surface area contributed by atoms with Gasteiger partial charge in [0.2, 0.25) is 0 Å². The molecule has 0 spiro atoms. The molecule has 0 unspecified atom stereocenters. The van der Waals surface area contributed by atoms with Crippen LogP contribution in [0.3, 0.4) is 0 Å². The van der Waals surface area contributed by atoms with Crippen LogP contribution in [0.4, 0.5) is 4.39 Å². The van der Waals surface area contributed by atoms with Gasteiger partial charge in [-0.1, -0.05) is 18.2 Å². The molecule has 0 saturated heterocycles. The zero-order valence-electron chi connectivity index (χ0n) is 11.2. The van der Waals surface area contributed by atoms with E-state index in [1.54, 1.807) is 6.08 Å². The monoisotopic (exact) mass is 270 g/mol. The lowest BCUT2D eigenvalue weighted by Gasteiger charge is -2.06. The maximum Gasteiger partial charge on any atom is 0.185 e. The number of ether oxygens (including phenoxy) is 1. The molecule has 0 atom stereocenters. The van der Waals surface area contributed by atoms with Crippen molar-refractivity contribution in [2.45, 2.75) is 6.92 Å². The Morgan fingerprint density at radius 2 is 1.85 bits per heavy atom. The summed E-state index contributed by atoms with van der Waals surface area (Å²) in [7, 11) is 0. The molecular weight excluding hydrogens is 255 g/mol. The maximum atomic E-state index is 12.8. The number of hydrogen-bond donors (Lipinski definition) is 0. The third kappa shape index (κ3) is 3.54. The van der Waals surface area contributed by atoms with Gasteiger partial charge in [-0.05, 0) is 49.4 Å². The Morgan fingerprint density at radius 1 is 1.15 bits per heavy atom. The second-order valence-corrected chi connectivity index (χ2v) is 4.18. The summed E-state index contributed by atoms with van der Waals surface area (Å²) in [4.78, 5) is 11.9. The molecule has 0 aliphatic heterocycles. The van der Waals surface area contributed by atoms with Crippen LogP contribution in [-0.2, 0) is 0 Å². The van der Waals surface area contributed by atoms with Crippen LogP contribution >= 0.6 is 0 Å². The number of para-hydroxylation sites is 1. The Bertz CT molecular complexity index is 615. The summed E-state index contributed by atoms with van der Waals surface area (Å²) in [5, 5.41) is 0. The second-order valence-electron chi connectivity index (χ2n) is 4.18. The molecule has 0 aliphatic carbocycles. The van der Waals surface area contributed by atoms with Crippen molar-refractivity contribution < 1.29 is 13.9 Å².